The third-order valence-corrected chi connectivity index (χ3v) is 4.04. The van der Waals surface area contributed by atoms with Gasteiger partial charge >= 0.3 is 24.0 Å². The van der Waals surface area contributed by atoms with Gasteiger partial charge in [-0.3, -0.25) is 4.79 Å². The number of carbonyl (C=O) groups is 2. The predicted octanol–water partition coefficient (Wildman–Crippen LogP) is 1.95. The summed E-state index contributed by atoms with van der Waals surface area (Å²) in [7, 11) is 0. The van der Waals surface area contributed by atoms with E-state index in [1.807, 2.05) is 0 Å². The highest BCUT2D eigenvalue weighted by Crippen LogP contribution is 2.41. The van der Waals surface area contributed by atoms with Crippen LogP contribution in [0, 0.1) is 0 Å². The highest BCUT2D eigenvalue weighted by Gasteiger charge is 2.66. The fourth-order valence-corrected chi connectivity index (χ4v) is 2.97. The van der Waals surface area contributed by atoms with Gasteiger partial charge in [0.1, 0.15) is 6.04 Å². The molecule has 2 unspecified atom stereocenters. The number of thioether (sulfide) groups is 1. The molecule has 1 rings (SSSR count). The summed E-state index contributed by atoms with van der Waals surface area (Å²) in [6, 6.07) is -1.67. The van der Waals surface area contributed by atoms with Crippen LogP contribution in [0.1, 0.15) is 13.3 Å². The van der Waals surface area contributed by atoms with E-state index in [-0.39, 0.29) is 17.1 Å². The average molecular weight is 307 g/mol. The van der Waals surface area contributed by atoms with Crippen molar-refractivity contribution in [1.82, 2.24) is 4.90 Å². The fourth-order valence-electron chi connectivity index (χ4n) is 1.62. The summed E-state index contributed by atoms with van der Waals surface area (Å²) in [5.41, 5.74) is 0. The Hall–Kier alpha value is -1.06. The highest BCUT2D eigenvalue weighted by molar-refractivity contribution is 8.00. The Morgan fingerprint density at radius 3 is 2.21 bits per heavy atom. The Morgan fingerprint density at radius 1 is 1.32 bits per heavy atom. The highest BCUT2D eigenvalue weighted by atomic mass is 32.2. The van der Waals surface area contributed by atoms with E-state index in [9.17, 15) is 31.5 Å². The molecule has 10 heteroatoms. The molecule has 1 saturated heterocycles. The van der Waals surface area contributed by atoms with E-state index in [1.165, 1.54) is 6.92 Å². The van der Waals surface area contributed by atoms with Crippen molar-refractivity contribution in [3.8, 4) is 0 Å². The Kier molecular flexibility index (Phi) is 4.33. The molecule has 1 fully saturated rings. The van der Waals surface area contributed by atoms with Crippen molar-refractivity contribution in [2.75, 3.05) is 5.75 Å². The van der Waals surface area contributed by atoms with Crippen molar-refractivity contribution in [3.63, 3.8) is 0 Å². The Labute approximate surface area is 108 Å². The quantitative estimate of drug-likeness (QED) is 0.810. The third kappa shape index (κ3) is 2.77. The SMILES string of the molecule is CCC1SCC(C(=O)O)N1C(=O)C(F)(F)C(F)(F)F. The molecule has 1 heterocycles. The molecular weight excluding hydrogens is 297 g/mol. The molecule has 0 saturated carbocycles. The maximum Gasteiger partial charge on any atom is 0.463 e. The molecule has 19 heavy (non-hydrogen) atoms. The Balaban J connectivity index is 3.10. The second kappa shape index (κ2) is 5.14. The van der Waals surface area contributed by atoms with Gasteiger partial charge in [0.15, 0.2) is 0 Å². The van der Waals surface area contributed by atoms with Crippen molar-refractivity contribution >= 4 is 23.6 Å². The molecule has 1 aliphatic heterocycles. The number of hydrogen-bond donors (Lipinski definition) is 1. The molecule has 2 atom stereocenters. The molecular formula is C9H10F5NO3S. The van der Waals surface area contributed by atoms with E-state index in [0.29, 0.717) is 0 Å². The first-order chi connectivity index (χ1) is 8.54. The summed E-state index contributed by atoms with van der Waals surface area (Å²) in [6.07, 6.45) is -5.97. The average Bonchev–Trinajstić information content (AvgIpc) is 2.69. The number of nitrogens with zero attached hydrogens (tertiary/aromatic N) is 1. The molecule has 0 radical (unpaired) electrons. The minimum absolute atomic E-state index is 0.0775. The van der Waals surface area contributed by atoms with E-state index in [2.05, 4.69) is 0 Å². The Morgan fingerprint density at radius 2 is 1.84 bits per heavy atom. The third-order valence-electron chi connectivity index (χ3n) is 2.59. The fraction of sp³-hybridized carbons (Fsp3) is 0.778. The molecule has 0 aromatic carbocycles. The summed E-state index contributed by atoms with van der Waals surface area (Å²) in [5.74, 6) is -9.91. The van der Waals surface area contributed by atoms with E-state index >= 15 is 0 Å². The van der Waals surface area contributed by atoms with Gasteiger partial charge in [-0.1, -0.05) is 6.92 Å². The zero-order chi connectivity index (χ0) is 15.0. The van der Waals surface area contributed by atoms with Gasteiger partial charge in [0.2, 0.25) is 0 Å². The van der Waals surface area contributed by atoms with Gasteiger partial charge in [-0.05, 0) is 6.42 Å². The van der Waals surface area contributed by atoms with Crippen LogP contribution >= 0.6 is 11.8 Å². The smallest absolute Gasteiger partial charge is 0.463 e. The van der Waals surface area contributed by atoms with E-state index in [1.54, 1.807) is 0 Å². The lowest BCUT2D eigenvalue weighted by Crippen LogP contribution is -2.57. The van der Waals surface area contributed by atoms with E-state index in [4.69, 9.17) is 5.11 Å². The first kappa shape index (κ1) is 16.0. The van der Waals surface area contributed by atoms with Crippen LogP contribution in [0.4, 0.5) is 22.0 Å². The molecule has 0 aromatic rings. The van der Waals surface area contributed by atoms with Gasteiger partial charge in [0.25, 0.3) is 0 Å². The van der Waals surface area contributed by atoms with Crippen LogP contribution in [0.5, 0.6) is 0 Å². The van der Waals surface area contributed by atoms with Gasteiger partial charge < -0.3 is 10.0 Å². The van der Waals surface area contributed by atoms with Crippen LogP contribution in [0.3, 0.4) is 0 Å². The first-order valence-electron chi connectivity index (χ1n) is 5.15. The van der Waals surface area contributed by atoms with Gasteiger partial charge in [0.05, 0.1) is 5.37 Å². The van der Waals surface area contributed by atoms with Crippen molar-refractivity contribution < 1.29 is 36.6 Å². The summed E-state index contributed by atoms with van der Waals surface area (Å²) in [6.45, 7) is 1.47. The zero-order valence-corrected chi connectivity index (χ0v) is 10.4. The van der Waals surface area contributed by atoms with Gasteiger partial charge in [-0.15, -0.1) is 11.8 Å². The summed E-state index contributed by atoms with van der Waals surface area (Å²) in [4.78, 5) is 22.3. The van der Waals surface area contributed by atoms with Crippen LogP contribution in [0.25, 0.3) is 0 Å². The second-order valence-corrected chi connectivity index (χ2v) is 5.05. The van der Waals surface area contributed by atoms with Crippen molar-refractivity contribution in [1.29, 1.82) is 0 Å². The number of hydrogen-bond acceptors (Lipinski definition) is 3. The van der Waals surface area contributed by atoms with Crippen LogP contribution in [-0.4, -0.2) is 51.2 Å². The van der Waals surface area contributed by atoms with Crippen LogP contribution in [0.15, 0.2) is 0 Å². The van der Waals surface area contributed by atoms with Gasteiger partial charge in [-0.25, -0.2) is 4.79 Å². The first-order valence-corrected chi connectivity index (χ1v) is 6.20. The van der Waals surface area contributed by atoms with Crippen molar-refractivity contribution in [2.45, 2.75) is 36.9 Å². The number of amides is 1. The number of halogens is 5. The largest absolute Gasteiger partial charge is 0.480 e. The molecule has 0 spiro atoms. The molecule has 1 aliphatic rings. The minimum Gasteiger partial charge on any atom is -0.480 e. The van der Waals surface area contributed by atoms with Gasteiger partial charge in [-0.2, -0.15) is 22.0 Å². The molecule has 110 valence electrons. The van der Waals surface area contributed by atoms with E-state index < -0.39 is 35.4 Å². The lowest BCUT2D eigenvalue weighted by molar-refractivity contribution is -0.275. The lowest BCUT2D eigenvalue weighted by atomic mass is 10.2. The molecule has 4 nitrogen and oxygen atoms in total. The maximum atomic E-state index is 13.0. The Bertz CT molecular complexity index is 387. The zero-order valence-electron chi connectivity index (χ0n) is 9.58. The summed E-state index contributed by atoms with van der Waals surface area (Å²) >= 11 is 0.866. The van der Waals surface area contributed by atoms with E-state index in [0.717, 1.165) is 11.8 Å². The summed E-state index contributed by atoms with van der Waals surface area (Å²) < 4.78 is 62.4. The number of carboxylic acids is 1. The maximum absolute atomic E-state index is 13.0. The van der Waals surface area contributed by atoms with Crippen molar-refractivity contribution in [3.05, 3.63) is 0 Å². The lowest BCUT2D eigenvalue weighted by Gasteiger charge is -2.30. The number of carboxylic acid groups (broad SMARTS) is 1. The second-order valence-electron chi connectivity index (χ2n) is 3.83. The molecule has 0 aromatic heterocycles. The van der Waals surface area contributed by atoms with Crippen LogP contribution in [0.2, 0.25) is 0 Å². The van der Waals surface area contributed by atoms with Crippen molar-refractivity contribution in [2.24, 2.45) is 0 Å². The standard InChI is InChI=1S/C9H10F5NO3S/c1-2-5-15(4(3-19-5)6(16)17)7(18)8(10,11)9(12,13)14/h4-5H,2-3H2,1H3,(H,16,17). The molecule has 1 N–H and O–H groups in total. The number of carbonyl (C=O) groups excluding carboxylic acids is 1. The monoisotopic (exact) mass is 307 g/mol. The normalized spacial score (nSPS) is 24.6. The summed E-state index contributed by atoms with van der Waals surface area (Å²) in [5, 5.41) is 7.78. The molecule has 0 aliphatic carbocycles. The minimum atomic E-state index is -6.04. The van der Waals surface area contributed by atoms with Gasteiger partial charge in [0, 0.05) is 5.75 Å². The number of aliphatic carboxylic acids is 1. The molecule has 1 amide bonds. The van der Waals surface area contributed by atoms with Crippen LogP contribution < -0.4 is 0 Å². The predicted molar refractivity (Wildman–Crippen MR) is 55.8 cm³/mol. The number of rotatable bonds is 3. The van der Waals surface area contributed by atoms with Crippen LogP contribution in [-0.2, 0) is 9.59 Å². The molecule has 0 bridgehead atoms. The number of alkyl halides is 5. The topological polar surface area (TPSA) is 57.6 Å².